The number of methoxy groups -OCH3 is 1. The smallest absolute Gasteiger partial charge is 0.123 e. The van der Waals surface area contributed by atoms with Crippen LogP contribution in [0, 0.1) is 0 Å². The van der Waals surface area contributed by atoms with Gasteiger partial charge in [0.1, 0.15) is 5.75 Å². The zero-order valence-corrected chi connectivity index (χ0v) is 13.1. The maximum absolute atomic E-state index is 9.35. The van der Waals surface area contributed by atoms with Gasteiger partial charge in [-0.1, -0.05) is 6.07 Å². The molecule has 0 radical (unpaired) electrons. The predicted octanol–water partition coefficient (Wildman–Crippen LogP) is 1.86. The van der Waals surface area contributed by atoms with Crippen LogP contribution in [0.2, 0.25) is 0 Å². The summed E-state index contributed by atoms with van der Waals surface area (Å²) in [5.41, 5.74) is 2.14. The van der Waals surface area contributed by atoms with Crippen LogP contribution in [0.5, 0.6) is 5.75 Å². The summed E-state index contributed by atoms with van der Waals surface area (Å²) in [7, 11) is 1.72. The average Bonchev–Trinajstić information content (AvgIpc) is 2.94. The Morgan fingerprint density at radius 1 is 1.33 bits per heavy atom. The third kappa shape index (κ3) is 3.07. The quantitative estimate of drug-likeness (QED) is 0.918. The summed E-state index contributed by atoms with van der Waals surface area (Å²) >= 11 is 0. The summed E-state index contributed by atoms with van der Waals surface area (Å²) in [6.07, 6.45) is 2.67. The van der Waals surface area contributed by atoms with Gasteiger partial charge in [-0.3, -0.25) is 9.80 Å². The second kappa shape index (κ2) is 6.34. The first kappa shape index (κ1) is 14.8. The van der Waals surface area contributed by atoms with Crippen molar-refractivity contribution in [3.05, 3.63) is 29.3 Å². The van der Waals surface area contributed by atoms with Gasteiger partial charge in [-0.25, -0.2) is 0 Å². The van der Waals surface area contributed by atoms with Gasteiger partial charge < -0.3 is 9.84 Å². The first-order valence-electron chi connectivity index (χ1n) is 7.96. The summed E-state index contributed by atoms with van der Waals surface area (Å²) in [5.74, 6) is 0.924. The second-order valence-corrected chi connectivity index (χ2v) is 6.37. The minimum absolute atomic E-state index is 0.0863. The molecule has 2 aliphatic heterocycles. The van der Waals surface area contributed by atoms with E-state index < -0.39 is 0 Å². The molecule has 21 heavy (non-hydrogen) atoms. The van der Waals surface area contributed by atoms with Crippen LogP contribution in [0.4, 0.5) is 0 Å². The number of hydrogen-bond donors (Lipinski definition) is 1. The molecule has 2 atom stereocenters. The van der Waals surface area contributed by atoms with Gasteiger partial charge in [-0.2, -0.15) is 0 Å². The van der Waals surface area contributed by atoms with Gasteiger partial charge in [0, 0.05) is 37.3 Å². The van der Waals surface area contributed by atoms with Gasteiger partial charge >= 0.3 is 0 Å². The first-order valence-corrected chi connectivity index (χ1v) is 7.96. The Morgan fingerprint density at radius 2 is 2.19 bits per heavy atom. The van der Waals surface area contributed by atoms with Crippen molar-refractivity contribution in [1.29, 1.82) is 0 Å². The molecule has 3 rings (SSSR count). The number of rotatable bonds is 4. The zero-order valence-electron chi connectivity index (χ0n) is 13.1. The van der Waals surface area contributed by atoms with E-state index in [0.717, 1.165) is 30.4 Å². The lowest BCUT2D eigenvalue weighted by Gasteiger charge is -2.42. The molecule has 2 saturated heterocycles. The Balaban J connectivity index is 1.76. The van der Waals surface area contributed by atoms with Gasteiger partial charge in [0.2, 0.25) is 0 Å². The maximum Gasteiger partial charge on any atom is 0.123 e. The summed E-state index contributed by atoms with van der Waals surface area (Å²) in [6.45, 7) is 6.90. The molecule has 0 amide bonds. The van der Waals surface area contributed by atoms with Crippen molar-refractivity contribution in [1.82, 2.24) is 9.80 Å². The number of fused-ring (bicyclic) bond motifs is 1. The molecular weight excluding hydrogens is 264 g/mol. The lowest BCUT2D eigenvalue weighted by molar-refractivity contribution is 0.0535. The number of ether oxygens (including phenoxy) is 1. The van der Waals surface area contributed by atoms with Crippen LogP contribution < -0.4 is 4.74 Å². The van der Waals surface area contributed by atoms with Crippen molar-refractivity contribution in [2.24, 2.45) is 0 Å². The van der Waals surface area contributed by atoms with Crippen molar-refractivity contribution in [3.63, 3.8) is 0 Å². The number of benzene rings is 1. The van der Waals surface area contributed by atoms with Crippen molar-refractivity contribution in [2.75, 3.05) is 26.7 Å². The molecule has 2 unspecified atom stereocenters. The van der Waals surface area contributed by atoms with Crippen LogP contribution in [0.25, 0.3) is 0 Å². The Bertz CT molecular complexity index is 492. The lowest BCUT2D eigenvalue weighted by Crippen LogP contribution is -2.54. The molecular formula is C17H26N2O2. The summed E-state index contributed by atoms with van der Waals surface area (Å²) < 4.78 is 5.49. The highest BCUT2D eigenvalue weighted by Gasteiger charge is 2.34. The van der Waals surface area contributed by atoms with Gasteiger partial charge in [0.15, 0.2) is 0 Å². The fraction of sp³-hybridized carbons (Fsp3) is 0.647. The van der Waals surface area contributed by atoms with E-state index in [2.05, 4.69) is 22.8 Å². The minimum Gasteiger partial charge on any atom is -0.496 e. The normalized spacial score (nSPS) is 26.8. The summed E-state index contributed by atoms with van der Waals surface area (Å²) in [4.78, 5) is 5.20. The highest BCUT2D eigenvalue weighted by molar-refractivity contribution is 5.37. The molecule has 2 fully saturated rings. The Kier molecular flexibility index (Phi) is 4.48. The van der Waals surface area contributed by atoms with Crippen molar-refractivity contribution >= 4 is 0 Å². The molecule has 1 aromatic carbocycles. The van der Waals surface area contributed by atoms with E-state index in [9.17, 15) is 5.11 Å². The monoisotopic (exact) mass is 290 g/mol. The standard InChI is InChI=1S/C17H26N2O2/c1-13-9-18-7-3-4-16(18)11-19(13)10-15-8-14(12-20)5-6-17(15)21-2/h5-6,8,13,16,20H,3-4,7,9-12H2,1-2H3. The molecule has 0 saturated carbocycles. The van der Waals surface area contributed by atoms with Gasteiger partial charge in [-0.15, -0.1) is 0 Å². The molecule has 1 N–H and O–H groups in total. The molecule has 116 valence electrons. The van der Waals surface area contributed by atoms with Crippen LogP contribution in [-0.4, -0.2) is 53.7 Å². The number of piperazine rings is 1. The SMILES string of the molecule is COc1ccc(CO)cc1CN1CC2CCCN2CC1C. The number of aliphatic hydroxyl groups excluding tert-OH is 1. The van der Waals surface area contributed by atoms with E-state index in [1.165, 1.54) is 31.5 Å². The molecule has 0 bridgehead atoms. The van der Waals surface area contributed by atoms with Gasteiger partial charge in [0.25, 0.3) is 0 Å². The van der Waals surface area contributed by atoms with E-state index in [1.54, 1.807) is 7.11 Å². The zero-order chi connectivity index (χ0) is 14.8. The average molecular weight is 290 g/mol. The molecule has 0 aromatic heterocycles. The Hall–Kier alpha value is -1.10. The third-order valence-electron chi connectivity index (χ3n) is 4.97. The number of aliphatic hydroxyl groups is 1. The molecule has 1 aromatic rings. The molecule has 4 heteroatoms. The van der Waals surface area contributed by atoms with E-state index in [-0.39, 0.29) is 6.61 Å². The van der Waals surface area contributed by atoms with Crippen LogP contribution in [0.15, 0.2) is 18.2 Å². The van der Waals surface area contributed by atoms with E-state index in [0.29, 0.717) is 6.04 Å². The molecule has 0 aliphatic carbocycles. The van der Waals surface area contributed by atoms with Crippen LogP contribution in [0.3, 0.4) is 0 Å². The first-order chi connectivity index (χ1) is 10.2. The highest BCUT2D eigenvalue weighted by Crippen LogP contribution is 2.28. The molecule has 2 heterocycles. The Labute approximate surface area is 127 Å². The Morgan fingerprint density at radius 3 is 2.95 bits per heavy atom. The van der Waals surface area contributed by atoms with Crippen LogP contribution >= 0.6 is 0 Å². The third-order valence-corrected chi connectivity index (χ3v) is 4.97. The van der Waals surface area contributed by atoms with Crippen molar-refractivity contribution < 1.29 is 9.84 Å². The highest BCUT2D eigenvalue weighted by atomic mass is 16.5. The van der Waals surface area contributed by atoms with Crippen LogP contribution in [0.1, 0.15) is 30.9 Å². The number of nitrogens with zero attached hydrogens (tertiary/aromatic N) is 2. The van der Waals surface area contributed by atoms with E-state index >= 15 is 0 Å². The maximum atomic E-state index is 9.35. The van der Waals surface area contributed by atoms with E-state index in [4.69, 9.17) is 4.74 Å². The van der Waals surface area contributed by atoms with Crippen molar-refractivity contribution in [2.45, 2.75) is 45.0 Å². The van der Waals surface area contributed by atoms with Gasteiger partial charge in [-0.05, 0) is 44.0 Å². The summed E-state index contributed by atoms with van der Waals surface area (Å²) in [6, 6.07) is 7.28. The fourth-order valence-corrected chi connectivity index (χ4v) is 3.74. The molecule has 4 nitrogen and oxygen atoms in total. The molecule has 2 aliphatic rings. The lowest BCUT2D eigenvalue weighted by atomic mass is 10.0. The second-order valence-electron chi connectivity index (χ2n) is 6.37. The fourth-order valence-electron chi connectivity index (χ4n) is 3.74. The number of hydrogen-bond acceptors (Lipinski definition) is 4. The van der Waals surface area contributed by atoms with Gasteiger partial charge in [0.05, 0.1) is 13.7 Å². The topological polar surface area (TPSA) is 35.9 Å². The summed E-state index contributed by atoms with van der Waals surface area (Å²) in [5, 5.41) is 9.35. The predicted molar refractivity (Wildman–Crippen MR) is 83.4 cm³/mol. The van der Waals surface area contributed by atoms with Crippen LogP contribution in [-0.2, 0) is 13.2 Å². The largest absolute Gasteiger partial charge is 0.496 e. The minimum atomic E-state index is 0.0863. The molecule has 0 spiro atoms. The van der Waals surface area contributed by atoms with E-state index in [1.807, 2.05) is 12.1 Å². The van der Waals surface area contributed by atoms with Crippen molar-refractivity contribution in [3.8, 4) is 5.75 Å².